The fraction of sp³-hybridized carbons (Fsp3) is 0.625. The number of rotatable bonds is 6. The fourth-order valence-electron chi connectivity index (χ4n) is 2.59. The quantitative estimate of drug-likeness (QED) is 0.438. The van der Waals surface area contributed by atoms with E-state index in [1.807, 2.05) is 0 Å². The molecule has 0 aliphatic heterocycles. The minimum absolute atomic E-state index is 0.499. The second kappa shape index (κ2) is 7.54. The van der Waals surface area contributed by atoms with Gasteiger partial charge in [0.1, 0.15) is 8.24 Å². The van der Waals surface area contributed by atoms with E-state index in [4.69, 9.17) is 22.2 Å². The Kier molecular flexibility index (Phi) is 6.85. The summed E-state index contributed by atoms with van der Waals surface area (Å²) in [5, 5.41) is 0. The number of hydrogen-bond acceptors (Lipinski definition) is 1. The number of para-hydroxylation sites is 1. The van der Waals surface area contributed by atoms with Crippen molar-refractivity contribution in [2.45, 2.75) is 59.2 Å². The first-order valence-electron chi connectivity index (χ1n) is 7.63. The van der Waals surface area contributed by atoms with Crippen LogP contribution in [0, 0.1) is 0 Å². The Morgan fingerprint density at radius 1 is 1.00 bits per heavy atom. The second-order valence-electron chi connectivity index (χ2n) is 7.19. The molecule has 1 aromatic rings. The molecule has 0 aliphatic rings. The Morgan fingerprint density at radius 2 is 1.43 bits per heavy atom. The highest BCUT2D eigenvalue weighted by Gasteiger charge is 2.31. The Hall–Kier alpha value is 0.0338. The summed E-state index contributed by atoms with van der Waals surface area (Å²) in [6.07, 6.45) is 0.799. The maximum absolute atomic E-state index is 6.24. The lowest BCUT2D eigenvalue weighted by atomic mass is 9.93. The highest BCUT2D eigenvalue weighted by molar-refractivity contribution is 7.34. The van der Waals surface area contributed by atoms with Crippen molar-refractivity contribution >= 4 is 43.5 Å². The molecule has 0 saturated heterocycles. The minimum Gasteiger partial charge on any atom is -0.398 e. The lowest BCUT2D eigenvalue weighted by molar-refractivity contribution is 0.828. The summed E-state index contributed by atoms with van der Waals surface area (Å²) in [5.41, 5.74) is 4.23. The van der Waals surface area contributed by atoms with Crippen molar-refractivity contribution in [1.29, 1.82) is 0 Å². The Balaban J connectivity index is 3.53. The van der Waals surface area contributed by atoms with Gasteiger partial charge in [-0.3, -0.25) is 0 Å². The van der Waals surface area contributed by atoms with Crippen LogP contribution in [0.2, 0.25) is 19.6 Å². The van der Waals surface area contributed by atoms with Gasteiger partial charge in [-0.15, -0.1) is 22.2 Å². The van der Waals surface area contributed by atoms with Crippen molar-refractivity contribution in [3.8, 4) is 0 Å². The van der Waals surface area contributed by atoms with Gasteiger partial charge >= 0.3 is 0 Å². The number of nitrogens with zero attached hydrogens (tertiary/aromatic N) is 1. The lowest BCUT2D eigenvalue weighted by Crippen LogP contribution is -2.50. The van der Waals surface area contributed by atoms with Crippen LogP contribution in [0.3, 0.4) is 0 Å². The van der Waals surface area contributed by atoms with Gasteiger partial charge in [-0.2, -0.15) is 0 Å². The molecule has 1 radical (unpaired) electrons. The van der Waals surface area contributed by atoms with Crippen LogP contribution in [0.4, 0.5) is 5.69 Å². The molecule has 0 unspecified atom stereocenters. The zero-order chi connectivity index (χ0) is 16.4. The van der Waals surface area contributed by atoms with E-state index in [1.54, 1.807) is 0 Å². The van der Waals surface area contributed by atoms with E-state index in [1.165, 1.54) is 16.8 Å². The standard InChI is InChI=1S/C16H28Cl2NSi2/c1-12(2)14-9-8-10-15(13(3)4)16(14)19(11-20(17)18)21(5,6)7/h8-10,12-13H,11H2,1-7H3. The van der Waals surface area contributed by atoms with Gasteiger partial charge in [0.05, 0.1) is 0 Å². The van der Waals surface area contributed by atoms with E-state index in [-0.39, 0.29) is 0 Å². The summed E-state index contributed by atoms with van der Waals surface area (Å²) in [4.78, 5) is 0. The molecule has 5 heteroatoms. The summed E-state index contributed by atoms with van der Waals surface area (Å²) >= 11 is 12.5. The van der Waals surface area contributed by atoms with Crippen LogP contribution in [-0.4, -0.2) is 21.8 Å². The molecule has 1 aromatic carbocycles. The van der Waals surface area contributed by atoms with Gasteiger partial charge in [0.25, 0.3) is 7.42 Å². The van der Waals surface area contributed by atoms with Crippen LogP contribution in [0.5, 0.6) is 0 Å². The molecule has 0 N–H and O–H groups in total. The van der Waals surface area contributed by atoms with Gasteiger partial charge in [0.15, 0.2) is 0 Å². The summed E-state index contributed by atoms with van der Waals surface area (Å²) in [7, 11) is -2.90. The van der Waals surface area contributed by atoms with Crippen molar-refractivity contribution in [3.63, 3.8) is 0 Å². The average Bonchev–Trinajstić information content (AvgIpc) is 2.33. The molecule has 0 heterocycles. The van der Waals surface area contributed by atoms with Crippen molar-refractivity contribution in [1.82, 2.24) is 0 Å². The summed E-state index contributed by atoms with van der Waals surface area (Å²) < 4.78 is 2.55. The first kappa shape index (κ1) is 19.1. The van der Waals surface area contributed by atoms with Crippen LogP contribution in [0.15, 0.2) is 18.2 Å². The maximum atomic E-state index is 6.24. The number of hydrogen-bond donors (Lipinski definition) is 0. The molecule has 0 aromatic heterocycles. The molecule has 0 fully saturated rings. The Bertz CT molecular complexity index is 442. The van der Waals surface area contributed by atoms with Gasteiger partial charge in [0.2, 0.25) is 0 Å². The summed E-state index contributed by atoms with van der Waals surface area (Å²) in [6.45, 7) is 16.2. The Labute approximate surface area is 142 Å². The van der Waals surface area contributed by atoms with E-state index in [0.29, 0.717) is 11.8 Å². The van der Waals surface area contributed by atoms with E-state index in [0.717, 1.165) is 6.17 Å². The molecule has 0 bridgehead atoms. The number of benzene rings is 1. The Morgan fingerprint density at radius 3 is 1.71 bits per heavy atom. The molecule has 119 valence electrons. The van der Waals surface area contributed by atoms with Crippen molar-refractivity contribution < 1.29 is 0 Å². The maximum Gasteiger partial charge on any atom is 0.292 e. The molecule has 0 amide bonds. The van der Waals surface area contributed by atoms with Gasteiger partial charge in [-0.05, 0) is 23.0 Å². The molecule has 1 rings (SSSR count). The topological polar surface area (TPSA) is 3.24 Å². The molecule has 1 nitrogen and oxygen atoms in total. The third-order valence-corrected chi connectivity index (χ3v) is 7.29. The molecular weight excluding hydrogens is 333 g/mol. The fourth-order valence-corrected chi connectivity index (χ4v) is 7.61. The molecule has 0 aliphatic carbocycles. The molecule has 0 saturated carbocycles. The normalized spacial score (nSPS) is 12.6. The van der Waals surface area contributed by atoms with Crippen LogP contribution in [0.1, 0.15) is 50.7 Å². The molecular formula is C16H28Cl2NSi2. The lowest BCUT2D eigenvalue weighted by Gasteiger charge is -2.40. The molecule has 0 atom stereocenters. The first-order chi connectivity index (χ1) is 9.55. The van der Waals surface area contributed by atoms with Gasteiger partial charge in [-0.1, -0.05) is 65.5 Å². The third kappa shape index (κ3) is 5.02. The SMILES string of the molecule is CC(C)c1cccc(C(C)C)c1N(C[Si](Cl)Cl)[Si](C)(C)C. The van der Waals surface area contributed by atoms with E-state index >= 15 is 0 Å². The average molecular weight is 361 g/mol. The van der Waals surface area contributed by atoms with Crippen LogP contribution in [-0.2, 0) is 0 Å². The zero-order valence-corrected chi connectivity index (χ0v) is 17.8. The van der Waals surface area contributed by atoms with E-state index < -0.39 is 15.7 Å². The first-order valence-corrected chi connectivity index (χ1v) is 14.8. The second-order valence-corrected chi connectivity index (χ2v) is 16.4. The zero-order valence-electron chi connectivity index (χ0n) is 14.3. The third-order valence-electron chi connectivity index (χ3n) is 3.70. The smallest absolute Gasteiger partial charge is 0.292 e. The van der Waals surface area contributed by atoms with Gasteiger partial charge in [0, 0.05) is 11.9 Å². The molecule has 0 spiro atoms. The summed E-state index contributed by atoms with van der Waals surface area (Å²) in [5.74, 6) is 0.998. The van der Waals surface area contributed by atoms with Crippen molar-refractivity contribution in [3.05, 3.63) is 29.3 Å². The van der Waals surface area contributed by atoms with Crippen LogP contribution in [0.25, 0.3) is 0 Å². The monoisotopic (exact) mass is 360 g/mol. The van der Waals surface area contributed by atoms with Crippen LogP contribution >= 0.6 is 22.2 Å². The van der Waals surface area contributed by atoms with E-state index in [2.05, 4.69) is 70.1 Å². The van der Waals surface area contributed by atoms with Crippen LogP contribution < -0.4 is 4.57 Å². The van der Waals surface area contributed by atoms with E-state index in [9.17, 15) is 0 Å². The largest absolute Gasteiger partial charge is 0.398 e. The highest BCUT2D eigenvalue weighted by Crippen LogP contribution is 2.37. The predicted octanol–water partition coefficient (Wildman–Crippen LogP) is 6.08. The predicted molar refractivity (Wildman–Crippen MR) is 103 cm³/mol. The number of anilines is 1. The van der Waals surface area contributed by atoms with Crippen molar-refractivity contribution in [2.75, 3.05) is 10.7 Å². The summed E-state index contributed by atoms with van der Waals surface area (Å²) in [6, 6.07) is 6.70. The number of halogens is 2. The molecule has 21 heavy (non-hydrogen) atoms. The highest BCUT2D eigenvalue weighted by atomic mass is 35.7. The van der Waals surface area contributed by atoms with Gasteiger partial charge in [-0.25, -0.2) is 0 Å². The minimum atomic E-state index is -1.55. The van der Waals surface area contributed by atoms with Crippen molar-refractivity contribution in [2.24, 2.45) is 0 Å². The van der Waals surface area contributed by atoms with Gasteiger partial charge < -0.3 is 4.57 Å².